The van der Waals surface area contributed by atoms with Crippen molar-refractivity contribution in [2.75, 3.05) is 27.2 Å². The van der Waals surface area contributed by atoms with E-state index in [0.717, 1.165) is 6.54 Å². The highest BCUT2D eigenvalue weighted by molar-refractivity contribution is 5.91. The molecule has 1 fully saturated rings. The van der Waals surface area contributed by atoms with E-state index in [0.29, 0.717) is 6.54 Å². The number of rotatable bonds is 2. The first-order chi connectivity index (χ1) is 9.43. The summed E-state index contributed by atoms with van der Waals surface area (Å²) in [5, 5.41) is 0. The molecule has 0 aromatic carbocycles. The summed E-state index contributed by atoms with van der Waals surface area (Å²) in [5.74, 6) is -0.0991. The first-order valence-corrected chi connectivity index (χ1v) is 6.62. The Balaban J connectivity index is 2.23. The highest BCUT2D eigenvalue weighted by Crippen LogP contribution is 2.17. The predicted molar refractivity (Wildman–Crippen MR) is 74.1 cm³/mol. The molecule has 1 aliphatic rings. The number of hydrogen-bond acceptors (Lipinski definition) is 5. The van der Waals surface area contributed by atoms with E-state index in [1.54, 1.807) is 4.90 Å². The van der Waals surface area contributed by atoms with E-state index in [2.05, 4.69) is 11.8 Å². The Labute approximate surface area is 117 Å². The molecule has 1 aliphatic heterocycles. The zero-order valence-corrected chi connectivity index (χ0v) is 12.3. The lowest BCUT2D eigenvalue weighted by Gasteiger charge is -2.42. The van der Waals surface area contributed by atoms with Crippen LogP contribution in [-0.4, -0.2) is 55.0 Å². The third-order valence-electron chi connectivity index (χ3n) is 3.79. The summed E-state index contributed by atoms with van der Waals surface area (Å²) in [7, 11) is 3.43. The number of piperazine rings is 1. The van der Waals surface area contributed by atoms with Crippen molar-refractivity contribution in [2.45, 2.75) is 25.9 Å². The van der Waals surface area contributed by atoms with E-state index in [1.807, 2.05) is 14.0 Å². The fraction of sp³-hybridized carbons (Fsp3) is 0.571. The number of carbonyl (C=O) groups excluding carboxylic acids is 1. The maximum atomic E-state index is 12.4. The Kier molecular flexibility index (Phi) is 4.13. The van der Waals surface area contributed by atoms with Gasteiger partial charge < -0.3 is 14.1 Å². The van der Waals surface area contributed by atoms with Gasteiger partial charge in [-0.3, -0.25) is 14.5 Å². The van der Waals surface area contributed by atoms with Crippen molar-refractivity contribution in [3.05, 3.63) is 28.3 Å². The summed E-state index contributed by atoms with van der Waals surface area (Å²) in [6.07, 6.45) is 1.18. The Morgan fingerprint density at radius 2 is 2.05 bits per heavy atom. The van der Waals surface area contributed by atoms with E-state index >= 15 is 0 Å². The lowest BCUT2D eigenvalue weighted by molar-refractivity contribution is 0.0367. The molecule has 1 aromatic heterocycles. The minimum Gasteiger partial charge on any atom is -0.490 e. The van der Waals surface area contributed by atoms with E-state index in [4.69, 9.17) is 9.15 Å². The van der Waals surface area contributed by atoms with Crippen molar-refractivity contribution in [3.8, 4) is 5.75 Å². The Hall–Kier alpha value is -1.82. The van der Waals surface area contributed by atoms with Gasteiger partial charge in [0.25, 0.3) is 5.91 Å². The van der Waals surface area contributed by atoms with Crippen molar-refractivity contribution in [1.82, 2.24) is 9.80 Å². The topological polar surface area (TPSA) is 63.0 Å². The van der Waals surface area contributed by atoms with Gasteiger partial charge in [0, 0.05) is 31.2 Å². The molecule has 2 unspecified atom stereocenters. The van der Waals surface area contributed by atoms with Crippen LogP contribution < -0.4 is 10.2 Å². The number of hydrogen-bond donors (Lipinski definition) is 0. The maximum absolute atomic E-state index is 12.4. The highest BCUT2D eigenvalue weighted by Gasteiger charge is 2.31. The molecule has 6 heteroatoms. The van der Waals surface area contributed by atoms with Crippen LogP contribution >= 0.6 is 0 Å². The molecular weight excluding hydrogens is 260 g/mol. The van der Waals surface area contributed by atoms with Crippen LogP contribution in [0.25, 0.3) is 0 Å². The van der Waals surface area contributed by atoms with Crippen LogP contribution in [-0.2, 0) is 0 Å². The molecule has 2 rings (SSSR count). The van der Waals surface area contributed by atoms with Crippen LogP contribution in [0, 0.1) is 0 Å². The summed E-state index contributed by atoms with van der Waals surface area (Å²) < 4.78 is 10.1. The van der Waals surface area contributed by atoms with E-state index in [1.165, 1.54) is 19.4 Å². The summed E-state index contributed by atoms with van der Waals surface area (Å²) in [4.78, 5) is 28.1. The number of methoxy groups -OCH3 is 1. The van der Waals surface area contributed by atoms with Crippen LogP contribution in [0.3, 0.4) is 0 Å². The Morgan fingerprint density at radius 1 is 1.35 bits per heavy atom. The molecule has 0 N–H and O–H groups in total. The summed E-state index contributed by atoms with van der Waals surface area (Å²) >= 11 is 0. The number of ether oxygens (including phenoxy) is 1. The van der Waals surface area contributed by atoms with E-state index < -0.39 is 0 Å². The standard InChI is InChI=1S/C14H20N2O4/c1-9-7-16(10(2)6-15(9)3)14(18)12-5-11(17)13(19-4)8-20-12/h5,8-10H,6-7H2,1-4H3. The molecule has 1 aromatic rings. The largest absolute Gasteiger partial charge is 0.490 e. The molecule has 0 aliphatic carbocycles. The van der Waals surface area contributed by atoms with Gasteiger partial charge in [0.15, 0.2) is 5.76 Å². The second kappa shape index (κ2) is 5.66. The second-order valence-electron chi connectivity index (χ2n) is 5.27. The third kappa shape index (κ3) is 2.70. The number of nitrogens with zero attached hydrogens (tertiary/aromatic N) is 2. The van der Waals surface area contributed by atoms with E-state index in [-0.39, 0.29) is 34.9 Å². The molecule has 110 valence electrons. The number of likely N-dealkylation sites (N-methyl/N-ethyl adjacent to an activating group) is 1. The number of carbonyl (C=O) groups is 1. The molecular formula is C14H20N2O4. The van der Waals surface area contributed by atoms with E-state index in [9.17, 15) is 9.59 Å². The molecule has 0 radical (unpaired) electrons. The second-order valence-corrected chi connectivity index (χ2v) is 5.27. The SMILES string of the molecule is COc1coc(C(=O)N2CC(C)N(C)CC2C)cc1=O. The summed E-state index contributed by atoms with van der Waals surface area (Å²) in [6.45, 7) is 5.47. The fourth-order valence-corrected chi connectivity index (χ4v) is 2.38. The predicted octanol–water partition coefficient (Wildman–Crippen LogP) is 0.813. The van der Waals surface area contributed by atoms with Gasteiger partial charge in [-0.05, 0) is 20.9 Å². The van der Waals surface area contributed by atoms with Crippen LogP contribution in [0.2, 0.25) is 0 Å². The molecule has 2 heterocycles. The van der Waals surface area contributed by atoms with Gasteiger partial charge in [0.1, 0.15) is 6.26 Å². The fourth-order valence-electron chi connectivity index (χ4n) is 2.38. The van der Waals surface area contributed by atoms with Gasteiger partial charge in [0.05, 0.1) is 7.11 Å². The molecule has 0 saturated carbocycles. The smallest absolute Gasteiger partial charge is 0.290 e. The maximum Gasteiger partial charge on any atom is 0.290 e. The number of amides is 1. The lowest BCUT2D eigenvalue weighted by atomic mass is 10.1. The Bertz CT molecular complexity index is 554. The third-order valence-corrected chi connectivity index (χ3v) is 3.79. The van der Waals surface area contributed by atoms with Gasteiger partial charge in [0.2, 0.25) is 11.2 Å². The summed E-state index contributed by atoms with van der Waals surface area (Å²) in [5.41, 5.74) is -0.350. The minimum atomic E-state index is -0.350. The normalized spacial score (nSPS) is 23.7. The molecule has 0 spiro atoms. The Morgan fingerprint density at radius 3 is 2.65 bits per heavy atom. The van der Waals surface area contributed by atoms with Crippen molar-refractivity contribution in [2.24, 2.45) is 0 Å². The van der Waals surface area contributed by atoms with Gasteiger partial charge in [-0.1, -0.05) is 0 Å². The van der Waals surface area contributed by atoms with Gasteiger partial charge >= 0.3 is 0 Å². The molecule has 1 saturated heterocycles. The zero-order valence-electron chi connectivity index (χ0n) is 12.3. The lowest BCUT2D eigenvalue weighted by Crippen LogP contribution is -2.56. The van der Waals surface area contributed by atoms with Crippen LogP contribution in [0.1, 0.15) is 24.4 Å². The average Bonchev–Trinajstić information content (AvgIpc) is 2.42. The minimum absolute atomic E-state index is 0.0550. The van der Waals surface area contributed by atoms with Crippen molar-refractivity contribution < 1.29 is 13.9 Å². The van der Waals surface area contributed by atoms with Crippen molar-refractivity contribution in [3.63, 3.8) is 0 Å². The first kappa shape index (κ1) is 14.6. The molecule has 6 nitrogen and oxygen atoms in total. The van der Waals surface area contributed by atoms with Crippen LogP contribution in [0.15, 0.2) is 21.5 Å². The average molecular weight is 280 g/mol. The summed E-state index contributed by atoms with van der Waals surface area (Å²) in [6, 6.07) is 1.55. The molecule has 2 atom stereocenters. The monoisotopic (exact) mass is 280 g/mol. The van der Waals surface area contributed by atoms with Crippen LogP contribution in [0.4, 0.5) is 0 Å². The quantitative estimate of drug-likeness (QED) is 0.802. The molecule has 1 amide bonds. The van der Waals surface area contributed by atoms with Crippen molar-refractivity contribution in [1.29, 1.82) is 0 Å². The highest BCUT2D eigenvalue weighted by atomic mass is 16.5. The first-order valence-electron chi connectivity index (χ1n) is 6.62. The molecule has 0 bridgehead atoms. The zero-order chi connectivity index (χ0) is 14.9. The van der Waals surface area contributed by atoms with Crippen molar-refractivity contribution >= 4 is 5.91 Å². The van der Waals surface area contributed by atoms with Crippen LogP contribution in [0.5, 0.6) is 5.75 Å². The van der Waals surface area contributed by atoms with Gasteiger partial charge in [-0.25, -0.2) is 0 Å². The van der Waals surface area contributed by atoms with Gasteiger partial charge in [-0.15, -0.1) is 0 Å². The van der Waals surface area contributed by atoms with Gasteiger partial charge in [-0.2, -0.15) is 0 Å². The molecule has 20 heavy (non-hydrogen) atoms.